The first-order valence-corrected chi connectivity index (χ1v) is 4.16. The summed E-state index contributed by atoms with van der Waals surface area (Å²) < 4.78 is 12.0. The quantitative estimate of drug-likeness (QED) is 0.712. The van der Waals surface area contributed by atoms with Gasteiger partial charge in [-0.2, -0.15) is 0 Å². The van der Waals surface area contributed by atoms with E-state index in [-0.39, 0.29) is 12.3 Å². The summed E-state index contributed by atoms with van der Waals surface area (Å²) >= 11 is 0. The van der Waals surface area contributed by atoms with E-state index in [1.165, 1.54) is 0 Å². The molecule has 1 aromatic rings. The van der Waals surface area contributed by atoms with Crippen LogP contribution in [0, 0.1) is 0 Å². The zero-order chi connectivity index (χ0) is 9.68. The van der Waals surface area contributed by atoms with Gasteiger partial charge in [0, 0.05) is 12.0 Å². The van der Waals surface area contributed by atoms with Crippen molar-refractivity contribution in [2.45, 2.75) is 6.42 Å². The number of nitrogens with two attached hydrogens (primary N) is 1. The number of carbonyl (C=O) groups excluding carboxylic acids is 1. The number of benzene rings is 1. The van der Waals surface area contributed by atoms with Gasteiger partial charge in [0.1, 0.15) is 0 Å². The van der Waals surface area contributed by atoms with Crippen LogP contribution in [-0.4, -0.2) is 19.0 Å². The molecule has 0 bridgehead atoms. The molecular formula is C10H12FNO. The van der Waals surface area contributed by atoms with E-state index in [0.717, 1.165) is 5.56 Å². The van der Waals surface area contributed by atoms with Crippen LogP contribution in [-0.2, 0) is 6.42 Å². The van der Waals surface area contributed by atoms with Crippen LogP contribution in [0.15, 0.2) is 24.3 Å². The second-order valence-corrected chi connectivity index (χ2v) is 2.77. The molecule has 2 N–H and O–H groups in total. The number of aryl methyl sites for hydroxylation is 1. The van der Waals surface area contributed by atoms with Gasteiger partial charge in [-0.3, -0.25) is 9.18 Å². The SMILES string of the molecule is NCC(=O)c1cccc(CCF)c1. The smallest absolute Gasteiger partial charge is 0.176 e. The number of halogens is 1. The van der Waals surface area contributed by atoms with Crippen LogP contribution in [0.25, 0.3) is 0 Å². The number of hydrogen-bond acceptors (Lipinski definition) is 2. The summed E-state index contributed by atoms with van der Waals surface area (Å²) in [6.45, 7) is -0.403. The maximum Gasteiger partial charge on any atom is 0.176 e. The van der Waals surface area contributed by atoms with E-state index in [2.05, 4.69) is 0 Å². The van der Waals surface area contributed by atoms with Gasteiger partial charge < -0.3 is 5.73 Å². The molecule has 0 unspecified atom stereocenters. The Morgan fingerprint density at radius 3 is 2.85 bits per heavy atom. The summed E-state index contributed by atoms with van der Waals surface area (Å²) in [7, 11) is 0. The first-order chi connectivity index (χ1) is 6.27. The van der Waals surface area contributed by atoms with Crippen LogP contribution >= 0.6 is 0 Å². The molecule has 0 fully saturated rings. The molecule has 1 rings (SSSR count). The van der Waals surface area contributed by atoms with Crippen molar-refractivity contribution >= 4 is 5.78 Å². The van der Waals surface area contributed by atoms with Crippen LogP contribution in [0.3, 0.4) is 0 Å². The fourth-order valence-corrected chi connectivity index (χ4v) is 1.13. The minimum atomic E-state index is -0.403. The summed E-state index contributed by atoms with van der Waals surface area (Å²) in [6.07, 6.45) is 0.353. The molecule has 0 aliphatic heterocycles. The van der Waals surface area contributed by atoms with Crippen LogP contribution in [0.2, 0.25) is 0 Å². The first-order valence-electron chi connectivity index (χ1n) is 4.16. The number of ketones is 1. The maximum absolute atomic E-state index is 12.0. The summed E-state index contributed by atoms with van der Waals surface area (Å²) in [4.78, 5) is 11.2. The van der Waals surface area contributed by atoms with Crippen molar-refractivity contribution in [1.82, 2.24) is 0 Å². The summed E-state index contributed by atoms with van der Waals surface area (Å²) in [6, 6.07) is 6.92. The average Bonchev–Trinajstić information content (AvgIpc) is 2.18. The molecule has 0 aliphatic rings. The minimum absolute atomic E-state index is 0.000914. The molecule has 0 spiro atoms. The Kier molecular flexibility index (Phi) is 3.58. The van der Waals surface area contributed by atoms with Crippen LogP contribution in [0.1, 0.15) is 15.9 Å². The van der Waals surface area contributed by atoms with E-state index < -0.39 is 6.67 Å². The van der Waals surface area contributed by atoms with E-state index in [0.29, 0.717) is 12.0 Å². The Bertz CT molecular complexity index is 299. The topological polar surface area (TPSA) is 43.1 Å². The van der Waals surface area contributed by atoms with Crippen molar-refractivity contribution in [2.75, 3.05) is 13.2 Å². The van der Waals surface area contributed by atoms with Gasteiger partial charge in [-0.25, -0.2) is 0 Å². The molecule has 2 nitrogen and oxygen atoms in total. The molecule has 0 amide bonds. The third-order valence-corrected chi connectivity index (χ3v) is 1.82. The van der Waals surface area contributed by atoms with E-state index in [9.17, 15) is 9.18 Å². The second-order valence-electron chi connectivity index (χ2n) is 2.77. The average molecular weight is 181 g/mol. The zero-order valence-electron chi connectivity index (χ0n) is 7.29. The third-order valence-electron chi connectivity index (χ3n) is 1.82. The van der Waals surface area contributed by atoms with Gasteiger partial charge in [-0.1, -0.05) is 18.2 Å². The van der Waals surface area contributed by atoms with E-state index >= 15 is 0 Å². The number of Topliss-reactive ketones (excluding diaryl/α,β-unsaturated/α-hetero) is 1. The van der Waals surface area contributed by atoms with E-state index in [4.69, 9.17) is 5.73 Å². The minimum Gasteiger partial charge on any atom is -0.324 e. The van der Waals surface area contributed by atoms with E-state index in [1.54, 1.807) is 24.3 Å². The fraction of sp³-hybridized carbons (Fsp3) is 0.300. The highest BCUT2D eigenvalue weighted by atomic mass is 19.1. The summed E-state index contributed by atoms with van der Waals surface area (Å²) in [5.41, 5.74) is 6.60. The zero-order valence-corrected chi connectivity index (χ0v) is 7.29. The Labute approximate surface area is 76.6 Å². The van der Waals surface area contributed by atoms with E-state index in [1.807, 2.05) is 0 Å². The lowest BCUT2D eigenvalue weighted by atomic mass is 10.1. The molecule has 0 radical (unpaired) electrons. The lowest BCUT2D eigenvalue weighted by Gasteiger charge is -2.00. The Balaban J connectivity index is 2.85. The third kappa shape index (κ3) is 2.63. The van der Waals surface area contributed by atoms with Crippen molar-refractivity contribution in [3.05, 3.63) is 35.4 Å². The molecule has 1 aromatic carbocycles. The summed E-state index contributed by atoms with van der Waals surface area (Å²) in [5, 5.41) is 0. The normalized spacial score (nSPS) is 10.0. The number of alkyl halides is 1. The fourth-order valence-electron chi connectivity index (χ4n) is 1.13. The first kappa shape index (κ1) is 9.86. The van der Waals surface area contributed by atoms with Gasteiger partial charge in [0.05, 0.1) is 13.2 Å². The largest absolute Gasteiger partial charge is 0.324 e. The highest BCUT2D eigenvalue weighted by Crippen LogP contribution is 2.06. The molecule has 0 aliphatic carbocycles. The number of carbonyl (C=O) groups is 1. The van der Waals surface area contributed by atoms with Crippen LogP contribution < -0.4 is 5.73 Å². The van der Waals surface area contributed by atoms with Gasteiger partial charge in [0.2, 0.25) is 0 Å². The highest BCUT2D eigenvalue weighted by Gasteiger charge is 2.03. The Hall–Kier alpha value is -1.22. The van der Waals surface area contributed by atoms with Crippen molar-refractivity contribution < 1.29 is 9.18 Å². The van der Waals surface area contributed by atoms with Gasteiger partial charge in [-0.05, 0) is 11.6 Å². The van der Waals surface area contributed by atoms with Gasteiger partial charge >= 0.3 is 0 Å². The molecule has 70 valence electrons. The molecule has 0 saturated heterocycles. The van der Waals surface area contributed by atoms with Gasteiger partial charge in [0.25, 0.3) is 0 Å². The molecule has 13 heavy (non-hydrogen) atoms. The standard InChI is InChI=1S/C10H12FNO/c11-5-4-8-2-1-3-9(6-8)10(13)7-12/h1-3,6H,4-5,7,12H2. The van der Waals surface area contributed by atoms with Gasteiger partial charge in [0.15, 0.2) is 5.78 Å². The Morgan fingerprint density at radius 1 is 1.46 bits per heavy atom. The lowest BCUT2D eigenvalue weighted by molar-refractivity contribution is 0.100. The molecule has 0 aromatic heterocycles. The maximum atomic E-state index is 12.0. The highest BCUT2D eigenvalue weighted by molar-refractivity contribution is 5.97. The number of hydrogen-bond donors (Lipinski definition) is 1. The predicted molar refractivity (Wildman–Crippen MR) is 49.5 cm³/mol. The molecule has 0 heterocycles. The van der Waals surface area contributed by atoms with Crippen molar-refractivity contribution in [3.63, 3.8) is 0 Å². The van der Waals surface area contributed by atoms with Crippen molar-refractivity contribution in [1.29, 1.82) is 0 Å². The number of rotatable bonds is 4. The molecular weight excluding hydrogens is 169 g/mol. The molecule has 0 atom stereocenters. The molecule has 0 saturated carbocycles. The molecule has 3 heteroatoms. The van der Waals surface area contributed by atoms with Crippen molar-refractivity contribution in [3.8, 4) is 0 Å². The van der Waals surface area contributed by atoms with Crippen LogP contribution in [0.4, 0.5) is 4.39 Å². The Morgan fingerprint density at radius 2 is 2.23 bits per heavy atom. The predicted octanol–water partition coefficient (Wildman–Crippen LogP) is 1.34. The van der Waals surface area contributed by atoms with Crippen LogP contribution in [0.5, 0.6) is 0 Å². The van der Waals surface area contributed by atoms with Crippen molar-refractivity contribution in [2.24, 2.45) is 5.73 Å². The van der Waals surface area contributed by atoms with Gasteiger partial charge in [-0.15, -0.1) is 0 Å². The monoisotopic (exact) mass is 181 g/mol. The lowest BCUT2D eigenvalue weighted by Crippen LogP contribution is -2.13. The second kappa shape index (κ2) is 4.72. The summed E-state index contributed by atoms with van der Waals surface area (Å²) in [5.74, 6) is -0.110.